The summed E-state index contributed by atoms with van der Waals surface area (Å²) in [6.07, 6.45) is 3.89. The fourth-order valence-corrected chi connectivity index (χ4v) is 7.97. The predicted molar refractivity (Wildman–Crippen MR) is 149 cm³/mol. The van der Waals surface area contributed by atoms with Crippen molar-refractivity contribution >= 4 is 33.0 Å². The number of hydrogen-bond acceptors (Lipinski definition) is 7. The van der Waals surface area contributed by atoms with E-state index in [0.717, 1.165) is 80.9 Å². The lowest BCUT2D eigenvalue weighted by atomic mass is 9.80. The highest BCUT2D eigenvalue weighted by Gasteiger charge is 2.36. The molecule has 1 atom stereocenters. The van der Waals surface area contributed by atoms with E-state index in [2.05, 4.69) is 28.1 Å². The fourth-order valence-electron chi connectivity index (χ4n) is 5.97. The van der Waals surface area contributed by atoms with Gasteiger partial charge in [0.25, 0.3) is 5.91 Å². The van der Waals surface area contributed by atoms with Gasteiger partial charge in [0, 0.05) is 50.2 Å². The Morgan fingerprint density at radius 2 is 1.92 bits per heavy atom. The Morgan fingerprint density at radius 3 is 2.62 bits per heavy atom. The molecule has 8 nitrogen and oxygen atoms in total. The number of nitrogens with one attached hydrogen (secondary N) is 2. The lowest BCUT2D eigenvalue weighted by Gasteiger charge is -2.34. The Labute approximate surface area is 224 Å². The number of nitrogens with zero attached hydrogens (tertiary/aromatic N) is 1. The molecule has 0 bridgehead atoms. The Balaban J connectivity index is 1.31. The summed E-state index contributed by atoms with van der Waals surface area (Å²) in [5.74, 6) is 0.995. The van der Waals surface area contributed by atoms with Crippen molar-refractivity contribution in [2.24, 2.45) is 17.6 Å². The molecule has 1 unspecified atom stereocenters. The first-order valence-electron chi connectivity index (χ1n) is 13.4. The molecule has 0 saturated carbocycles. The molecule has 3 aliphatic rings. The molecule has 4 heterocycles. The second kappa shape index (κ2) is 11.4. The normalized spacial score (nSPS) is 21.6. The lowest BCUT2D eigenvalue weighted by Crippen LogP contribution is -2.40. The Morgan fingerprint density at radius 1 is 1.16 bits per heavy atom. The third-order valence-corrected chi connectivity index (χ3v) is 11.0. The Kier molecular flexibility index (Phi) is 8.21. The standard InChI is InChI=1S/C27H38N4O4S2/c1-2-37(33,34)31-7-3-19(4-8-31)25-16-30-26-23(25)12-20(13-24(26)27(28)32)21-11-22(36-17-21)15-29-14-18-5-9-35-10-6-18/h11-13,17-19,25,29-30H,2-10,14-16H2,1H3,(H2,28,32). The van der Waals surface area contributed by atoms with Gasteiger partial charge in [-0.05, 0) is 91.3 Å². The summed E-state index contributed by atoms with van der Waals surface area (Å²) in [4.78, 5) is 13.7. The molecular formula is C27H38N4O4S2. The number of thiophene rings is 1. The average molecular weight is 547 g/mol. The van der Waals surface area contributed by atoms with Gasteiger partial charge in [0.1, 0.15) is 0 Å². The number of nitrogens with two attached hydrogens (primary N) is 1. The summed E-state index contributed by atoms with van der Waals surface area (Å²) in [5.41, 5.74) is 10.4. The van der Waals surface area contributed by atoms with Crippen LogP contribution in [0.5, 0.6) is 0 Å². The Hall–Kier alpha value is -1.98. The quantitative estimate of drug-likeness (QED) is 0.443. The van der Waals surface area contributed by atoms with Gasteiger partial charge in [-0.25, -0.2) is 12.7 Å². The van der Waals surface area contributed by atoms with E-state index in [1.165, 1.54) is 4.88 Å². The average Bonchev–Trinajstić information content (AvgIpc) is 3.56. The minimum Gasteiger partial charge on any atom is -0.384 e. The van der Waals surface area contributed by atoms with Gasteiger partial charge in [0.2, 0.25) is 10.0 Å². The van der Waals surface area contributed by atoms with Gasteiger partial charge < -0.3 is 21.1 Å². The third-order valence-electron chi connectivity index (χ3n) is 8.22. The second-order valence-corrected chi connectivity index (χ2v) is 13.7. The summed E-state index contributed by atoms with van der Waals surface area (Å²) in [5, 5.41) is 9.20. The van der Waals surface area contributed by atoms with Crippen LogP contribution in [-0.2, 0) is 21.3 Å². The number of ether oxygens (including phenoxy) is 1. The van der Waals surface area contributed by atoms with Gasteiger partial charge in [-0.15, -0.1) is 11.3 Å². The van der Waals surface area contributed by atoms with Crippen LogP contribution in [0.15, 0.2) is 23.6 Å². The van der Waals surface area contributed by atoms with E-state index in [0.29, 0.717) is 30.5 Å². The maximum Gasteiger partial charge on any atom is 0.250 e. The molecule has 1 amide bonds. The van der Waals surface area contributed by atoms with Gasteiger partial charge in [-0.2, -0.15) is 0 Å². The van der Waals surface area contributed by atoms with Crippen molar-refractivity contribution in [1.82, 2.24) is 9.62 Å². The van der Waals surface area contributed by atoms with Crippen molar-refractivity contribution in [2.75, 3.05) is 50.5 Å². The number of piperidine rings is 1. The van der Waals surface area contributed by atoms with Crippen molar-refractivity contribution in [3.05, 3.63) is 39.6 Å². The SMILES string of the molecule is CCS(=O)(=O)N1CCC(C2CNc3c(C(N)=O)cc(-c4csc(CNCC5CCOCC5)c4)cc32)CC1. The smallest absolute Gasteiger partial charge is 0.250 e. The zero-order valence-electron chi connectivity index (χ0n) is 21.5. The van der Waals surface area contributed by atoms with Crippen LogP contribution in [0.1, 0.15) is 59.3 Å². The fraction of sp³-hybridized carbons (Fsp3) is 0.593. The number of hydrogen-bond donors (Lipinski definition) is 3. The first-order chi connectivity index (χ1) is 17.9. The number of carbonyl (C=O) groups excluding carboxylic acids is 1. The van der Waals surface area contributed by atoms with Crippen molar-refractivity contribution in [2.45, 2.75) is 45.1 Å². The number of primary amides is 1. The predicted octanol–water partition coefficient (Wildman–Crippen LogP) is 3.60. The first-order valence-corrected chi connectivity index (χ1v) is 15.9. The molecule has 0 aliphatic carbocycles. The molecule has 0 spiro atoms. The lowest BCUT2D eigenvalue weighted by molar-refractivity contribution is 0.0662. The van der Waals surface area contributed by atoms with Gasteiger partial charge in [-0.3, -0.25) is 4.79 Å². The number of rotatable bonds is 9. The van der Waals surface area contributed by atoms with Crippen LogP contribution in [0, 0.1) is 11.8 Å². The van der Waals surface area contributed by atoms with E-state index in [1.54, 1.807) is 22.6 Å². The van der Waals surface area contributed by atoms with Crippen LogP contribution in [0.2, 0.25) is 0 Å². The second-order valence-electron chi connectivity index (χ2n) is 10.5. The highest BCUT2D eigenvalue weighted by molar-refractivity contribution is 7.89. The third kappa shape index (κ3) is 5.88. The summed E-state index contributed by atoms with van der Waals surface area (Å²) in [7, 11) is -3.15. The van der Waals surface area contributed by atoms with E-state index < -0.39 is 15.9 Å². The number of sulfonamides is 1. The summed E-state index contributed by atoms with van der Waals surface area (Å²) in [6, 6.07) is 6.33. The maximum atomic E-state index is 12.4. The van der Waals surface area contributed by atoms with E-state index in [4.69, 9.17) is 10.5 Å². The van der Waals surface area contributed by atoms with Crippen LogP contribution in [0.25, 0.3) is 11.1 Å². The maximum absolute atomic E-state index is 12.4. The number of benzene rings is 1. The van der Waals surface area contributed by atoms with Crippen molar-refractivity contribution in [3.8, 4) is 11.1 Å². The summed E-state index contributed by atoms with van der Waals surface area (Å²) >= 11 is 1.73. The number of carbonyl (C=O) groups is 1. The van der Waals surface area contributed by atoms with Crippen LogP contribution in [0.3, 0.4) is 0 Å². The van der Waals surface area contributed by atoms with E-state index in [1.807, 2.05) is 6.07 Å². The molecule has 202 valence electrons. The first kappa shape index (κ1) is 26.6. The molecule has 2 aromatic rings. The molecule has 1 aromatic heterocycles. The van der Waals surface area contributed by atoms with Crippen molar-refractivity contribution < 1.29 is 17.9 Å². The molecule has 2 saturated heterocycles. The Bertz CT molecular complexity index is 1210. The zero-order valence-corrected chi connectivity index (χ0v) is 23.1. The minimum absolute atomic E-state index is 0.143. The van der Waals surface area contributed by atoms with E-state index in [9.17, 15) is 13.2 Å². The summed E-state index contributed by atoms with van der Waals surface area (Å²) < 4.78 is 31.7. The zero-order chi connectivity index (χ0) is 26.0. The van der Waals surface area contributed by atoms with Crippen LogP contribution < -0.4 is 16.4 Å². The largest absolute Gasteiger partial charge is 0.384 e. The van der Waals surface area contributed by atoms with Gasteiger partial charge >= 0.3 is 0 Å². The van der Waals surface area contributed by atoms with E-state index >= 15 is 0 Å². The monoisotopic (exact) mass is 546 g/mol. The van der Waals surface area contributed by atoms with E-state index in [-0.39, 0.29) is 11.7 Å². The molecule has 5 rings (SSSR count). The van der Waals surface area contributed by atoms with Crippen LogP contribution >= 0.6 is 11.3 Å². The molecule has 3 aliphatic heterocycles. The number of fused-ring (bicyclic) bond motifs is 1. The van der Waals surface area contributed by atoms with Gasteiger partial charge in [0.05, 0.1) is 17.0 Å². The molecule has 2 fully saturated rings. The van der Waals surface area contributed by atoms with Gasteiger partial charge in [0.15, 0.2) is 0 Å². The molecule has 37 heavy (non-hydrogen) atoms. The number of anilines is 1. The molecular weight excluding hydrogens is 508 g/mol. The summed E-state index contributed by atoms with van der Waals surface area (Å²) in [6.45, 7) is 7.13. The number of amides is 1. The highest BCUT2D eigenvalue weighted by Crippen LogP contribution is 2.44. The van der Waals surface area contributed by atoms with Crippen LogP contribution in [0.4, 0.5) is 5.69 Å². The molecule has 10 heteroatoms. The van der Waals surface area contributed by atoms with Crippen LogP contribution in [-0.4, -0.2) is 63.8 Å². The molecule has 4 N–H and O–H groups in total. The highest BCUT2D eigenvalue weighted by atomic mass is 32.2. The van der Waals surface area contributed by atoms with Gasteiger partial charge in [-0.1, -0.05) is 0 Å². The topological polar surface area (TPSA) is 114 Å². The molecule has 1 aromatic carbocycles. The van der Waals surface area contributed by atoms with Crippen molar-refractivity contribution in [3.63, 3.8) is 0 Å². The minimum atomic E-state index is -3.15. The molecule has 0 radical (unpaired) electrons. The van der Waals surface area contributed by atoms with Crippen molar-refractivity contribution in [1.29, 1.82) is 0 Å².